The summed E-state index contributed by atoms with van der Waals surface area (Å²) in [5.41, 5.74) is 1.43. The van der Waals surface area contributed by atoms with Gasteiger partial charge in [0.2, 0.25) is 0 Å². The van der Waals surface area contributed by atoms with E-state index in [-0.39, 0.29) is 0 Å². The van der Waals surface area contributed by atoms with Gasteiger partial charge in [-0.1, -0.05) is 0 Å². The van der Waals surface area contributed by atoms with Crippen LogP contribution in [-0.2, 0) is 24.5 Å². The van der Waals surface area contributed by atoms with Crippen LogP contribution in [0.2, 0.25) is 0 Å². The van der Waals surface area contributed by atoms with Crippen LogP contribution in [0.15, 0.2) is 15.9 Å². The molecule has 0 bridgehead atoms. The number of hydrogen-bond acceptors (Lipinski definition) is 9. The quantitative estimate of drug-likeness (QED) is 0.368. The van der Waals surface area contributed by atoms with Gasteiger partial charge >= 0.3 is 20.2 Å². The standard InChI is InChI=1S/C6H5NO9S2/c8-2-1-3-5(15-7-16-18(3,13)14)6(4(2)9)17(10,11)12/h1,7-9H,(H,10,11,12). The molecule has 0 spiro atoms. The Hall–Kier alpha value is -1.60. The Kier molecular flexibility index (Phi) is 2.64. The number of aromatic hydroxyl groups is 2. The molecule has 1 aliphatic heterocycles. The first-order chi connectivity index (χ1) is 8.14. The van der Waals surface area contributed by atoms with Crippen molar-refractivity contribution in [3.05, 3.63) is 6.07 Å². The molecule has 1 heterocycles. The van der Waals surface area contributed by atoms with E-state index < -0.39 is 47.3 Å². The lowest BCUT2D eigenvalue weighted by molar-refractivity contribution is -0.0298. The predicted molar refractivity (Wildman–Crippen MR) is 51.6 cm³/mol. The Morgan fingerprint density at radius 3 is 2.44 bits per heavy atom. The number of rotatable bonds is 1. The van der Waals surface area contributed by atoms with Gasteiger partial charge in [-0.3, -0.25) is 4.55 Å². The molecule has 10 nitrogen and oxygen atoms in total. The molecule has 0 atom stereocenters. The molecular weight excluding hydrogens is 294 g/mol. The van der Waals surface area contributed by atoms with Crippen LogP contribution < -0.4 is 10.5 Å². The maximum absolute atomic E-state index is 11.4. The lowest BCUT2D eigenvalue weighted by Gasteiger charge is -2.19. The summed E-state index contributed by atoms with van der Waals surface area (Å²) >= 11 is 0. The number of phenolic OH excluding ortho intramolecular Hbond substituents is 2. The second-order valence-corrected chi connectivity index (χ2v) is 5.97. The number of nitrogens with one attached hydrogen (secondary N) is 1. The van der Waals surface area contributed by atoms with Crippen molar-refractivity contribution in [2.45, 2.75) is 9.79 Å². The monoisotopic (exact) mass is 299 g/mol. The maximum atomic E-state index is 11.4. The van der Waals surface area contributed by atoms with E-state index in [1.165, 1.54) is 5.64 Å². The van der Waals surface area contributed by atoms with E-state index in [2.05, 4.69) is 9.12 Å². The van der Waals surface area contributed by atoms with Crippen LogP contribution in [-0.4, -0.2) is 31.6 Å². The number of hydrogen-bond donors (Lipinski definition) is 4. The zero-order chi connectivity index (χ0) is 13.7. The summed E-state index contributed by atoms with van der Waals surface area (Å²) in [7, 11) is -9.49. The number of benzene rings is 1. The predicted octanol–water partition coefficient (Wildman–Crippen LogP) is -1.14. The van der Waals surface area contributed by atoms with Crippen molar-refractivity contribution >= 4 is 20.2 Å². The maximum Gasteiger partial charge on any atom is 0.319 e. The molecule has 0 saturated heterocycles. The smallest absolute Gasteiger partial charge is 0.319 e. The molecule has 0 fully saturated rings. The van der Waals surface area contributed by atoms with E-state index in [0.29, 0.717) is 6.07 Å². The lowest BCUT2D eigenvalue weighted by atomic mass is 10.3. The summed E-state index contributed by atoms with van der Waals surface area (Å²) < 4.78 is 57.7. The van der Waals surface area contributed by atoms with Crippen LogP contribution in [0.3, 0.4) is 0 Å². The molecule has 0 unspecified atom stereocenters. The van der Waals surface area contributed by atoms with Crippen molar-refractivity contribution in [2.24, 2.45) is 0 Å². The van der Waals surface area contributed by atoms with Crippen LogP contribution in [0.5, 0.6) is 17.2 Å². The lowest BCUT2D eigenvalue weighted by Crippen LogP contribution is -2.30. The largest absolute Gasteiger partial charge is 0.504 e. The molecule has 0 saturated carbocycles. The molecular formula is C6H5NO9S2. The molecule has 1 aromatic carbocycles. The average Bonchev–Trinajstić information content (AvgIpc) is 2.19. The molecule has 0 radical (unpaired) electrons. The Labute approximate surface area is 100 Å². The molecule has 1 aromatic rings. The Balaban J connectivity index is 2.96. The average molecular weight is 299 g/mol. The van der Waals surface area contributed by atoms with Crippen LogP contribution in [0.1, 0.15) is 0 Å². The highest BCUT2D eigenvalue weighted by molar-refractivity contribution is 7.87. The van der Waals surface area contributed by atoms with Crippen molar-refractivity contribution in [3.63, 3.8) is 0 Å². The molecule has 0 aromatic heterocycles. The second kappa shape index (κ2) is 3.69. The van der Waals surface area contributed by atoms with Crippen molar-refractivity contribution in [3.8, 4) is 17.2 Å². The minimum Gasteiger partial charge on any atom is -0.504 e. The van der Waals surface area contributed by atoms with Crippen LogP contribution in [0, 0.1) is 0 Å². The van der Waals surface area contributed by atoms with Gasteiger partial charge in [-0.05, 0) is 5.64 Å². The third-order valence-electron chi connectivity index (χ3n) is 1.97. The van der Waals surface area contributed by atoms with E-state index in [9.17, 15) is 27.0 Å². The van der Waals surface area contributed by atoms with Gasteiger partial charge in [-0.25, -0.2) is 0 Å². The van der Waals surface area contributed by atoms with Gasteiger partial charge in [-0.15, -0.1) is 4.28 Å². The van der Waals surface area contributed by atoms with Crippen LogP contribution in [0.25, 0.3) is 0 Å². The summed E-state index contributed by atoms with van der Waals surface area (Å²) in [5.74, 6) is -3.26. The van der Waals surface area contributed by atoms with Crippen molar-refractivity contribution in [1.82, 2.24) is 5.64 Å². The summed E-state index contributed by atoms with van der Waals surface area (Å²) in [6.45, 7) is 0. The Morgan fingerprint density at radius 2 is 1.89 bits per heavy atom. The van der Waals surface area contributed by atoms with E-state index in [0.717, 1.165) is 0 Å². The van der Waals surface area contributed by atoms with Gasteiger partial charge in [0.25, 0.3) is 0 Å². The third-order valence-corrected chi connectivity index (χ3v) is 3.99. The molecule has 2 rings (SSSR count). The first-order valence-corrected chi connectivity index (χ1v) is 6.91. The van der Waals surface area contributed by atoms with Gasteiger partial charge in [0.1, 0.15) is 4.90 Å². The second-order valence-electron chi connectivity index (χ2n) is 3.10. The molecule has 1 aliphatic rings. The Morgan fingerprint density at radius 1 is 1.28 bits per heavy atom. The molecule has 18 heavy (non-hydrogen) atoms. The first kappa shape index (κ1) is 12.8. The molecule has 12 heteroatoms. The van der Waals surface area contributed by atoms with Crippen LogP contribution >= 0.6 is 0 Å². The van der Waals surface area contributed by atoms with Gasteiger partial charge in [0, 0.05) is 6.07 Å². The Bertz CT molecular complexity index is 720. The normalized spacial score (nSPS) is 17.8. The fourth-order valence-corrected chi connectivity index (χ4v) is 2.90. The minimum atomic E-state index is -5.04. The van der Waals surface area contributed by atoms with Crippen molar-refractivity contribution in [2.75, 3.05) is 0 Å². The summed E-state index contributed by atoms with van der Waals surface area (Å²) in [6.07, 6.45) is 0. The van der Waals surface area contributed by atoms with Crippen molar-refractivity contribution in [1.29, 1.82) is 0 Å². The minimum absolute atomic E-state index is 0.509. The SMILES string of the molecule is O=S(=O)(O)c1c(O)c(O)cc2c1ONOS2(=O)=O. The number of phenols is 2. The topological polar surface area (TPSA) is 159 Å². The van der Waals surface area contributed by atoms with Crippen LogP contribution in [0.4, 0.5) is 0 Å². The van der Waals surface area contributed by atoms with Gasteiger partial charge in [-0.2, -0.15) is 16.8 Å². The third kappa shape index (κ3) is 1.85. The molecule has 100 valence electrons. The summed E-state index contributed by atoms with van der Waals surface area (Å²) in [4.78, 5) is 2.23. The molecule has 4 N–H and O–H groups in total. The number of fused-ring (bicyclic) bond motifs is 1. The van der Waals surface area contributed by atoms with E-state index in [4.69, 9.17) is 4.55 Å². The highest BCUT2D eigenvalue weighted by Crippen LogP contribution is 2.45. The van der Waals surface area contributed by atoms with Gasteiger partial charge in [0.15, 0.2) is 22.1 Å². The zero-order valence-electron chi connectivity index (χ0n) is 8.18. The van der Waals surface area contributed by atoms with Gasteiger partial charge < -0.3 is 15.1 Å². The van der Waals surface area contributed by atoms with E-state index >= 15 is 0 Å². The van der Waals surface area contributed by atoms with E-state index in [1.54, 1.807) is 0 Å². The summed E-state index contributed by atoms with van der Waals surface area (Å²) in [6, 6.07) is 0.509. The fourth-order valence-electron chi connectivity index (χ4n) is 1.26. The molecule has 0 amide bonds. The highest BCUT2D eigenvalue weighted by Gasteiger charge is 2.37. The first-order valence-electron chi connectivity index (χ1n) is 4.06. The highest BCUT2D eigenvalue weighted by atomic mass is 32.2. The summed E-state index contributed by atoms with van der Waals surface area (Å²) in [5, 5.41) is 18.6. The zero-order valence-corrected chi connectivity index (χ0v) is 9.82. The van der Waals surface area contributed by atoms with Crippen molar-refractivity contribution < 1.29 is 40.7 Å². The fraction of sp³-hybridized carbons (Fsp3) is 0. The van der Waals surface area contributed by atoms with E-state index in [1.807, 2.05) is 0 Å². The molecule has 0 aliphatic carbocycles. The van der Waals surface area contributed by atoms with Gasteiger partial charge in [0.05, 0.1) is 0 Å².